The number of imidazole rings is 2. The van der Waals surface area contributed by atoms with Gasteiger partial charge in [0.05, 0.1) is 11.0 Å². The summed E-state index contributed by atoms with van der Waals surface area (Å²) in [6.07, 6.45) is 0. The number of aryl methyl sites for hydroxylation is 2. The number of likely N-dealkylation sites (N-methyl/N-ethyl adjacent to an activating group) is 1. The fraction of sp³-hybridized carbons (Fsp3) is 0.296. The number of benzene rings is 2. The fourth-order valence-corrected chi connectivity index (χ4v) is 4.75. The van der Waals surface area contributed by atoms with Gasteiger partial charge in [0.1, 0.15) is 17.3 Å². The minimum absolute atomic E-state index is 0.740. The van der Waals surface area contributed by atoms with Crippen LogP contribution in [-0.4, -0.2) is 62.6 Å². The molecule has 1 N–H and O–H groups in total. The Morgan fingerprint density at radius 2 is 1.62 bits per heavy atom. The van der Waals surface area contributed by atoms with Crippen LogP contribution in [-0.2, 0) is 6.54 Å². The van der Waals surface area contributed by atoms with Gasteiger partial charge >= 0.3 is 0 Å². The molecule has 0 atom stereocenters. The molecule has 0 radical (unpaired) electrons. The van der Waals surface area contributed by atoms with Crippen molar-refractivity contribution in [1.82, 2.24) is 29.4 Å². The number of aromatic nitrogens is 5. The predicted octanol–water partition coefficient (Wildman–Crippen LogP) is 4.67. The third kappa shape index (κ3) is 3.62. The van der Waals surface area contributed by atoms with E-state index in [1.54, 1.807) is 0 Å². The number of nitrogens with zero attached hydrogens (tertiary/aromatic N) is 6. The van der Waals surface area contributed by atoms with Crippen molar-refractivity contribution in [2.24, 2.45) is 0 Å². The molecule has 0 bridgehead atoms. The van der Waals surface area contributed by atoms with E-state index >= 15 is 0 Å². The smallest absolute Gasteiger partial charge is 0.162 e. The van der Waals surface area contributed by atoms with E-state index in [2.05, 4.69) is 94.8 Å². The van der Waals surface area contributed by atoms with Crippen LogP contribution in [0.2, 0.25) is 0 Å². The van der Waals surface area contributed by atoms with Crippen molar-refractivity contribution >= 4 is 16.9 Å². The first-order valence-corrected chi connectivity index (χ1v) is 12.0. The summed E-state index contributed by atoms with van der Waals surface area (Å²) in [4.78, 5) is 22.9. The molecule has 3 aromatic rings. The van der Waals surface area contributed by atoms with Gasteiger partial charge in [-0.25, -0.2) is 15.0 Å². The summed E-state index contributed by atoms with van der Waals surface area (Å²) >= 11 is 0. The standard InChI is InChI=1S/C27H29N7/c1-4-34-23-17-20(9-10-21(23)29-27(34)19-7-5-18(2)6-8-19)25-28-22-11-12-24(30-26(22)31-25)33-15-13-32(3)14-16-33/h5-12,17H,4,13-16H2,1-3H3,(H,28,30,31). The van der Waals surface area contributed by atoms with Crippen LogP contribution >= 0.6 is 0 Å². The summed E-state index contributed by atoms with van der Waals surface area (Å²) in [6, 6.07) is 19.1. The van der Waals surface area contributed by atoms with Crippen molar-refractivity contribution in [3.8, 4) is 34.3 Å². The zero-order chi connectivity index (χ0) is 23.2. The maximum atomic E-state index is 4.94. The molecule has 1 aromatic heterocycles. The first-order chi connectivity index (χ1) is 16.6. The summed E-state index contributed by atoms with van der Waals surface area (Å²) in [5.74, 6) is 3.67. The Morgan fingerprint density at radius 1 is 0.853 bits per heavy atom. The van der Waals surface area contributed by atoms with Crippen molar-refractivity contribution in [3.05, 3.63) is 60.2 Å². The van der Waals surface area contributed by atoms with Crippen LogP contribution in [0.3, 0.4) is 0 Å². The fourth-order valence-electron chi connectivity index (χ4n) is 4.75. The van der Waals surface area contributed by atoms with Gasteiger partial charge in [-0.05, 0) is 51.2 Å². The first-order valence-electron chi connectivity index (χ1n) is 12.0. The van der Waals surface area contributed by atoms with Crippen LogP contribution in [0, 0.1) is 6.92 Å². The lowest BCUT2D eigenvalue weighted by Gasteiger charge is -2.33. The highest BCUT2D eigenvalue weighted by Crippen LogP contribution is 2.31. The van der Waals surface area contributed by atoms with Gasteiger partial charge < -0.3 is 19.4 Å². The number of aromatic amines is 1. The minimum Gasteiger partial charge on any atom is -0.356 e. The number of hydrogen-bond donors (Lipinski definition) is 1. The number of pyridine rings is 1. The lowest BCUT2D eigenvalue weighted by atomic mass is 10.1. The van der Waals surface area contributed by atoms with Crippen molar-refractivity contribution in [2.45, 2.75) is 20.4 Å². The van der Waals surface area contributed by atoms with E-state index in [0.717, 1.165) is 83.9 Å². The molecule has 7 heteroatoms. The maximum absolute atomic E-state index is 4.94. The average Bonchev–Trinajstić information content (AvgIpc) is 3.45. The van der Waals surface area contributed by atoms with E-state index in [1.165, 1.54) is 5.56 Å². The van der Waals surface area contributed by atoms with Crippen molar-refractivity contribution < 1.29 is 0 Å². The Bertz CT molecular complexity index is 1420. The van der Waals surface area contributed by atoms with Gasteiger partial charge in [0, 0.05) is 43.9 Å². The highest BCUT2D eigenvalue weighted by molar-refractivity contribution is 5.85. The molecule has 3 aliphatic rings. The van der Waals surface area contributed by atoms with Crippen LogP contribution in [0.25, 0.3) is 45.3 Å². The van der Waals surface area contributed by atoms with Gasteiger partial charge in [-0.1, -0.05) is 29.8 Å². The van der Waals surface area contributed by atoms with Crippen molar-refractivity contribution in [1.29, 1.82) is 0 Å². The lowest BCUT2D eigenvalue weighted by Crippen LogP contribution is -2.44. The Balaban J connectivity index is 1.37. The van der Waals surface area contributed by atoms with Crippen LogP contribution in [0.5, 0.6) is 0 Å². The Kier molecular flexibility index (Phi) is 5.07. The summed E-state index contributed by atoms with van der Waals surface area (Å²) in [7, 11) is 2.17. The molecular weight excluding hydrogens is 422 g/mol. The third-order valence-corrected chi connectivity index (χ3v) is 6.81. The molecule has 0 unspecified atom stereocenters. The van der Waals surface area contributed by atoms with Crippen LogP contribution in [0.4, 0.5) is 5.82 Å². The molecule has 34 heavy (non-hydrogen) atoms. The number of fused-ring (bicyclic) bond motifs is 2. The topological polar surface area (TPSA) is 65.9 Å². The number of H-pyrrole nitrogens is 1. The largest absolute Gasteiger partial charge is 0.356 e. The van der Waals surface area contributed by atoms with E-state index < -0.39 is 0 Å². The highest BCUT2D eigenvalue weighted by Gasteiger charge is 2.19. The van der Waals surface area contributed by atoms with Crippen molar-refractivity contribution in [3.63, 3.8) is 0 Å². The zero-order valence-electron chi connectivity index (χ0n) is 19.9. The second-order valence-electron chi connectivity index (χ2n) is 9.16. The molecule has 7 nitrogen and oxygen atoms in total. The van der Waals surface area contributed by atoms with Gasteiger partial charge in [-0.3, -0.25) is 0 Å². The van der Waals surface area contributed by atoms with Crippen LogP contribution < -0.4 is 4.90 Å². The molecule has 1 saturated heterocycles. The van der Waals surface area contributed by atoms with Gasteiger partial charge in [-0.15, -0.1) is 0 Å². The Labute approximate surface area is 199 Å². The summed E-state index contributed by atoms with van der Waals surface area (Å²) < 4.78 is 2.27. The second-order valence-corrected chi connectivity index (χ2v) is 9.16. The number of piperazine rings is 1. The van der Waals surface area contributed by atoms with Gasteiger partial charge in [0.15, 0.2) is 11.6 Å². The molecule has 6 rings (SSSR count). The highest BCUT2D eigenvalue weighted by atomic mass is 15.3. The monoisotopic (exact) mass is 451 g/mol. The lowest BCUT2D eigenvalue weighted by molar-refractivity contribution is 0.312. The quantitative estimate of drug-likeness (QED) is 0.430. The van der Waals surface area contributed by atoms with E-state index in [9.17, 15) is 0 Å². The SMILES string of the molecule is CCn1c(-c2ccc(C)cc2)nc2ccc(-c3nc4ccc(N5CCN(C)CC5)[nH]c-4n3)cc21. The van der Waals surface area contributed by atoms with E-state index in [0.29, 0.717) is 0 Å². The molecule has 172 valence electrons. The molecule has 4 heterocycles. The van der Waals surface area contributed by atoms with E-state index in [4.69, 9.17) is 15.0 Å². The Morgan fingerprint density at radius 3 is 2.38 bits per heavy atom. The second kappa shape index (κ2) is 8.25. The summed E-state index contributed by atoms with van der Waals surface area (Å²) in [6.45, 7) is 9.27. The predicted molar refractivity (Wildman–Crippen MR) is 137 cm³/mol. The number of anilines is 1. The molecule has 3 aliphatic heterocycles. The van der Waals surface area contributed by atoms with Gasteiger partial charge in [-0.2, -0.15) is 0 Å². The molecular formula is C27H29N7. The van der Waals surface area contributed by atoms with Crippen LogP contribution in [0.1, 0.15) is 12.5 Å². The van der Waals surface area contributed by atoms with E-state index in [1.807, 2.05) is 0 Å². The molecule has 1 fully saturated rings. The molecule has 0 spiro atoms. The third-order valence-electron chi connectivity index (χ3n) is 6.81. The maximum Gasteiger partial charge on any atom is 0.162 e. The summed E-state index contributed by atoms with van der Waals surface area (Å²) in [5.41, 5.74) is 6.36. The minimum atomic E-state index is 0.740. The van der Waals surface area contributed by atoms with Crippen LogP contribution in [0.15, 0.2) is 54.6 Å². The van der Waals surface area contributed by atoms with E-state index in [-0.39, 0.29) is 0 Å². The van der Waals surface area contributed by atoms with Crippen molar-refractivity contribution in [2.75, 3.05) is 38.1 Å². The van der Waals surface area contributed by atoms with Gasteiger partial charge in [0.25, 0.3) is 0 Å². The average molecular weight is 452 g/mol. The van der Waals surface area contributed by atoms with Gasteiger partial charge in [0.2, 0.25) is 0 Å². The summed E-state index contributed by atoms with van der Waals surface area (Å²) in [5, 5.41) is 0. The first kappa shape index (κ1) is 20.9. The number of rotatable bonds is 4. The molecule has 0 saturated carbocycles. The molecule has 2 aromatic carbocycles. The molecule has 0 aliphatic carbocycles. The zero-order valence-corrected chi connectivity index (χ0v) is 19.9. The number of hydrogen-bond acceptors (Lipinski definition) is 5. The molecule has 0 amide bonds. The Hall–Kier alpha value is -3.71. The normalized spacial score (nSPS) is 15.0. The number of nitrogens with one attached hydrogen (secondary N) is 1.